The number of esters is 1. The number of halogens is 3. The molecule has 0 aliphatic rings. The second-order valence-corrected chi connectivity index (χ2v) is 8.00. The topological polar surface area (TPSA) is 46.6 Å². The largest absolute Gasteiger partial charge is 0.462 e. The molecule has 160 valence electrons. The molecule has 0 aliphatic heterocycles. The summed E-state index contributed by atoms with van der Waals surface area (Å²) in [6, 6.07) is 19.0. The molecule has 0 radical (unpaired) electrons. The Balaban J connectivity index is 1.92. The van der Waals surface area contributed by atoms with Crippen LogP contribution < -0.4 is 4.90 Å². The van der Waals surface area contributed by atoms with Crippen molar-refractivity contribution in [3.8, 4) is 0 Å². The van der Waals surface area contributed by atoms with Crippen LogP contribution in [0.3, 0.4) is 0 Å². The summed E-state index contributed by atoms with van der Waals surface area (Å²) < 4.78 is 5.03. The first-order valence-corrected chi connectivity index (χ1v) is 10.8. The smallest absolute Gasteiger partial charge is 0.338 e. The van der Waals surface area contributed by atoms with Gasteiger partial charge in [-0.1, -0.05) is 53.0 Å². The van der Waals surface area contributed by atoms with Gasteiger partial charge in [0.2, 0.25) is 5.91 Å². The Labute approximate surface area is 196 Å². The fraction of sp³-hybridized carbons (Fsp3) is 0.167. The number of hydrogen-bond donors (Lipinski definition) is 0. The van der Waals surface area contributed by atoms with E-state index in [1.165, 1.54) is 0 Å². The van der Waals surface area contributed by atoms with Crippen LogP contribution in [0.25, 0.3) is 0 Å². The molecule has 0 unspecified atom stereocenters. The van der Waals surface area contributed by atoms with Crippen molar-refractivity contribution in [1.29, 1.82) is 0 Å². The molecule has 0 N–H and O–H groups in total. The SMILES string of the molecule is CCOC(=O)c1ccc(N(Cc2c(Cl)cccc2Cl)C(=O)Cc2ccc(Cl)cc2)cc1. The summed E-state index contributed by atoms with van der Waals surface area (Å²) in [6.07, 6.45) is 0.166. The average Bonchev–Trinajstić information content (AvgIpc) is 2.75. The molecule has 3 aromatic rings. The van der Waals surface area contributed by atoms with E-state index in [9.17, 15) is 9.59 Å². The number of rotatable bonds is 7. The van der Waals surface area contributed by atoms with Gasteiger partial charge in [0.1, 0.15) is 0 Å². The lowest BCUT2D eigenvalue weighted by Crippen LogP contribution is -2.32. The van der Waals surface area contributed by atoms with E-state index in [0.717, 1.165) is 5.56 Å². The zero-order chi connectivity index (χ0) is 22.4. The van der Waals surface area contributed by atoms with E-state index in [-0.39, 0.29) is 25.5 Å². The molecule has 4 nitrogen and oxygen atoms in total. The standard InChI is InChI=1S/C24H20Cl3NO3/c1-2-31-24(30)17-8-12-19(13-9-17)28(15-20-21(26)4-3-5-22(20)27)23(29)14-16-6-10-18(25)11-7-16/h3-13H,2,14-15H2,1H3. The van der Waals surface area contributed by atoms with E-state index >= 15 is 0 Å². The van der Waals surface area contributed by atoms with Gasteiger partial charge >= 0.3 is 5.97 Å². The Bertz CT molecular complexity index is 1050. The minimum atomic E-state index is -0.415. The first-order chi connectivity index (χ1) is 14.9. The Hall–Kier alpha value is -2.53. The van der Waals surface area contributed by atoms with E-state index in [4.69, 9.17) is 39.5 Å². The number of hydrogen-bond acceptors (Lipinski definition) is 3. The van der Waals surface area contributed by atoms with E-state index in [1.54, 1.807) is 66.4 Å². The van der Waals surface area contributed by atoms with Crippen molar-refractivity contribution in [3.63, 3.8) is 0 Å². The van der Waals surface area contributed by atoms with Gasteiger partial charge < -0.3 is 9.64 Å². The van der Waals surface area contributed by atoms with Gasteiger partial charge in [-0.25, -0.2) is 4.79 Å². The normalized spacial score (nSPS) is 10.6. The van der Waals surface area contributed by atoms with Crippen molar-refractivity contribution in [2.45, 2.75) is 19.9 Å². The summed E-state index contributed by atoms with van der Waals surface area (Å²) in [4.78, 5) is 26.8. The number of anilines is 1. The molecular weight excluding hydrogens is 457 g/mol. The highest BCUT2D eigenvalue weighted by Crippen LogP contribution is 2.28. The predicted molar refractivity (Wildman–Crippen MR) is 125 cm³/mol. The predicted octanol–water partition coefficient (Wildman–Crippen LogP) is 6.60. The molecule has 0 saturated carbocycles. The molecule has 0 atom stereocenters. The van der Waals surface area contributed by atoms with Crippen molar-refractivity contribution in [2.75, 3.05) is 11.5 Å². The van der Waals surface area contributed by atoms with Crippen LogP contribution in [0.4, 0.5) is 5.69 Å². The zero-order valence-electron chi connectivity index (χ0n) is 16.8. The summed E-state index contributed by atoms with van der Waals surface area (Å²) >= 11 is 18.6. The molecule has 0 aliphatic carbocycles. The molecule has 3 rings (SSSR count). The van der Waals surface area contributed by atoms with Gasteiger partial charge in [0.25, 0.3) is 0 Å². The monoisotopic (exact) mass is 475 g/mol. The molecule has 7 heteroatoms. The molecular formula is C24H20Cl3NO3. The number of amides is 1. The molecule has 0 bridgehead atoms. The molecule has 0 saturated heterocycles. The summed E-state index contributed by atoms with van der Waals surface area (Å²) in [6.45, 7) is 2.22. The number of ether oxygens (including phenoxy) is 1. The fourth-order valence-electron chi connectivity index (χ4n) is 3.03. The maximum absolute atomic E-state index is 13.3. The fourth-order valence-corrected chi connectivity index (χ4v) is 3.67. The van der Waals surface area contributed by atoms with Gasteiger partial charge in [0, 0.05) is 26.3 Å². The number of carbonyl (C=O) groups is 2. The second kappa shape index (κ2) is 10.7. The van der Waals surface area contributed by atoms with Crippen molar-refractivity contribution < 1.29 is 14.3 Å². The highest BCUT2D eigenvalue weighted by Gasteiger charge is 2.20. The average molecular weight is 477 g/mol. The van der Waals surface area contributed by atoms with E-state index in [0.29, 0.717) is 31.9 Å². The third-order valence-electron chi connectivity index (χ3n) is 4.64. The number of carbonyl (C=O) groups excluding carboxylic acids is 2. The molecule has 0 fully saturated rings. The minimum Gasteiger partial charge on any atom is -0.462 e. The maximum atomic E-state index is 13.3. The Morgan fingerprint density at radius 3 is 2.06 bits per heavy atom. The van der Waals surface area contributed by atoms with Crippen LogP contribution in [-0.2, 0) is 22.5 Å². The Morgan fingerprint density at radius 2 is 1.48 bits per heavy atom. The van der Waals surface area contributed by atoms with Crippen LogP contribution in [0.15, 0.2) is 66.7 Å². The van der Waals surface area contributed by atoms with E-state index in [2.05, 4.69) is 0 Å². The van der Waals surface area contributed by atoms with Gasteiger partial charge in [-0.3, -0.25) is 4.79 Å². The van der Waals surface area contributed by atoms with Crippen LogP contribution in [-0.4, -0.2) is 18.5 Å². The van der Waals surface area contributed by atoms with Crippen LogP contribution >= 0.6 is 34.8 Å². The quantitative estimate of drug-likeness (QED) is 0.361. The third kappa shape index (κ3) is 6.01. The lowest BCUT2D eigenvalue weighted by molar-refractivity contribution is -0.118. The van der Waals surface area contributed by atoms with Gasteiger partial charge in [-0.2, -0.15) is 0 Å². The Morgan fingerprint density at radius 1 is 0.871 bits per heavy atom. The van der Waals surface area contributed by atoms with Crippen molar-refractivity contribution in [1.82, 2.24) is 0 Å². The molecule has 0 aromatic heterocycles. The van der Waals surface area contributed by atoms with Gasteiger partial charge in [0.15, 0.2) is 0 Å². The summed E-state index contributed by atoms with van der Waals surface area (Å²) in [5.74, 6) is -0.565. The molecule has 0 spiro atoms. The minimum absolute atomic E-state index is 0.151. The molecule has 3 aromatic carbocycles. The van der Waals surface area contributed by atoms with Gasteiger partial charge in [-0.05, 0) is 61.0 Å². The van der Waals surface area contributed by atoms with E-state index in [1.807, 2.05) is 12.1 Å². The second-order valence-electron chi connectivity index (χ2n) is 6.75. The first kappa shape index (κ1) is 23.1. The van der Waals surface area contributed by atoms with E-state index < -0.39 is 5.97 Å². The van der Waals surface area contributed by atoms with Gasteiger partial charge in [-0.15, -0.1) is 0 Å². The molecule has 31 heavy (non-hydrogen) atoms. The van der Waals surface area contributed by atoms with Crippen LogP contribution in [0.5, 0.6) is 0 Å². The van der Waals surface area contributed by atoms with Crippen LogP contribution in [0.2, 0.25) is 15.1 Å². The number of nitrogens with zero attached hydrogens (tertiary/aromatic N) is 1. The Kier molecular flexibility index (Phi) is 7.97. The molecule has 1 amide bonds. The van der Waals surface area contributed by atoms with Gasteiger partial charge in [0.05, 0.1) is 25.1 Å². The van der Waals surface area contributed by atoms with Crippen molar-refractivity contribution in [3.05, 3.63) is 98.5 Å². The van der Waals surface area contributed by atoms with Crippen molar-refractivity contribution in [2.24, 2.45) is 0 Å². The summed E-state index contributed by atoms with van der Waals surface area (Å²) in [7, 11) is 0. The summed E-state index contributed by atoms with van der Waals surface area (Å²) in [5.41, 5.74) is 2.49. The first-order valence-electron chi connectivity index (χ1n) is 9.64. The van der Waals surface area contributed by atoms with Crippen LogP contribution in [0, 0.1) is 0 Å². The lowest BCUT2D eigenvalue weighted by atomic mass is 10.1. The highest BCUT2D eigenvalue weighted by molar-refractivity contribution is 6.36. The maximum Gasteiger partial charge on any atom is 0.338 e. The third-order valence-corrected chi connectivity index (χ3v) is 5.60. The molecule has 0 heterocycles. The summed E-state index contributed by atoms with van der Waals surface area (Å²) in [5, 5.41) is 1.55. The van der Waals surface area contributed by atoms with Crippen LogP contribution in [0.1, 0.15) is 28.4 Å². The lowest BCUT2D eigenvalue weighted by Gasteiger charge is -2.24. The zero-order valence-corrected chi connectivity index (χ0v) is 19.0. The highest BCUT2D eigenvalue weighted by atomic mass is 35.5. The van der Waals surface area contributed by atoms with Crippen molar-refractivity contribution >= 4 is 52.4 Å². The number of benzene rings is 3.